The van der Waals surface area contributed by atoms with Crippen LogP contribution in [-0.4, -0.2) is 69.3 Å². The van der Waals surface area contributed by atoms with Gasteiger partial charge in [-0.1, -0.05) is 27.7 Å². The topological polar surface area (TPSA) is 193 Å². The SMILES string of the molecule is CC(=O)NC(CC(C)C)C(=O)O.CC(C)CC(N)C(=O)O.CSCCC(N)C(=O)O. The second-order valence-corrected chi connectivity index (χ2v) is 8.51. The Bertz CT molecular complexity index is 516. The Morgan fingerprint density at radius 1 is 0.833 bits per heavy atom. The molecule has 1 amide bonds. The number of carbonyl (C=O) groups is 4. The molecule has 0 saturated carbocycles. The molecule has 0 aliphatic carbocycles. The minimum absolute atomic E-state index is 0.262. The number of nitrogens with two attached hydrogens (primary N) is 2. The van der Waals surface area contributed by atoms with E-state index in [1.807, 2.05) is 34.0 Å². The Labute approximate surface area is 183 Å². The van der Waals surface area contributed by atoms with E-state index in [0.29, 0.717) is 25.2 Å². The maximum Gasteiger partial charge on any atom is 0.326 e. The highest BCUT2D eigenvalue weighted by Crippen LogP contribution is 2.04. The fourth-order valence-electron chi connectivity index (χ4n) is 1.92. The first kappa shape index (κ1) is 32.8. The van der Waals surface area contributed by atoms with Gasteiger partial charge in [-0.15, -0.1) is 0 Å². The van der Waals surface area contributed by atoms with Crippen molar-refractivity contribution in [2.45, 2.75) is 72.0 Å². The predicted molar refractivity (Wildman–Crippen MR) is 118 cm³/mol. The molecule has 8 N–H and O–H groups in total. The van der Waals surface area contributed by atoms with Crippen LogP contribution in [0.1, 0.15) is 53.9 Å². The molecule has 0 spiro atoms. The summed E-state index contributed by atoms with van der Waals surface area (Å²) in [5, 5.41) is 27.6. The monoisotopic (exact) mass is 453 g/mol. The molecule has 0 aromatic heterocycles. The summed E-state index contributed by atoms with van der Waals surface area (Å²) in [5.41, 5.74) is 10.4. The van der Waals surface area contributed by atoms with Gasteiger partial charge in [0.05, 0.1) is 0 Å². The molecular weight excluding hydrogens is 414 g/mol. The van der Waals surface area contributed by atoms with Crippen molar-refractivity contribution in [3.05, 3.63) is 0 Å². The van der Waals surface area contributed by atoms with Crippen molar-refractivity contribution in [3.63, 3.8) is 0 Å². The van der Waals surface area contributed by atoms with Crippen LogP contribution in [0.25, 0.3) is 0 Å². The molecule has 3 unspecified atom stereocenters. The summed E-state index contributed by atoms with van der Waals surface area (Å²) in [6.07, 6.45) is 3.50. The third kappa shape index (κ3) is 24.2. The maximum absolute atomic E-state index is 10.6. The molecule has 11 heteroatoms. The molecule has 30 heavy (non-hydrogen) atoms. The highest BCUT2D eigenvalue weighted by atomic mass is 32.2. The average Bonchev–Trinajstić information content (AvgIpc) is 2.58. The van der Waals surface area contributed by atoms with Gasteiger partial charge in [-0.05, 0) is 43.1 Å². The van der Waals surface area contributed by atoms with Gasteiger partial charge in [-0.2, -0.15) is 11.8 Å². The number of carbonyl (C=O) groups excluding carboxylic acids is 1. The second-order valence-electron chi connectivity index (χ2n) is 7.52. The summed E-state index contributed by atoms with van der Waals surface area (Å²) in [7, 11) is 0. The third-order valence-electron chi connectivity index (χ3n) is 3.38. The van der Waals surface area contributed by atoms with Crippen molar-refractivity contribution in [2.24, 2.45) is 23.3 Å². The summed E-state index contributed by atoms with van der Waals surface area (Å²) in [5.74, 6) is -1.67. The third-order valence-corrected chi connectivity index (χ3v) is 4.02. The predicted octanol–water partition coefficient (Wildman–Crippen LogP) is 1.22. The zero-order chi connectivity index (χ0) is 24.4. The van der Waals surface area contributed by atoms with Gasteiger partial charge in [0.25, 0.3) is 0 Å². The number of hydrogen-bond acceptors (Lipinski definition) is 7. The smallest absolute Gasteiger partial charge is 0.326 e. The first-order valence-corrected chi connectivity index (χ1v) is 11.0. The van der Waals surface area contributed by atoms with Crippen molar-refractivity contribution in [3.8, 4) is 0 Å². The lowest BCUT2D eigenvalue weighted by Gasteiger charge is -2.14. The number of hydrogen-bond donors (Lipinski definition) is 6. The largest absolute Gasteiger partial charge is 0.480 e. The quantitative estimate of drug-likeness (QED) is 0.265. The Balaban J connectivity index is -0.000000371. The van der Waals surface area contributed by atoms with Gasteiger partial charge in [0, 0.05) is 6.92 Å². The van der Waals surface area contributed by atoms with Crippen LogP contribution >= 0.6 is 11.8 Å². The number of thioether (sulfide) groups is 1. The highest BCUT2D eigenvalue weighted by Gasteiger charge is 2.19. The number of carboxylic acids is 3. The standard InChI is InChI=1S/C8H15NO3.C6H13NO2.C5H11NO2S/c1-5(2)4-7(8(11)12)9-6(3)10;1-4(2)3-5(7)6(8)9;1-9-3-2-4(6)5(7)8/h5,7H,4H2,1-3H3,(H,9,10)(H,11,12);4-5H,3,7H2,1-2H3,(H,8,9);4H,2-3,6H2,1H3,(H,7,8). The van der Waals surface area contributed by atoms with Gasteiger partial charge in [0.2, 0.25) is 5.91 Å². The lowest BCUT2D eigenvalue weighted by Crippen LogP contribution is -2.40. The van der Waals surface area contributed by atoms with Crippen molar-refractivity contribution in [2.75, 3.05) is 12.0 Å². The van der Waals surface area contributed by atoms with E-state index in [4.69, 9.17) is 26.8 Å². The van der Waals surface area contributed by atoms with E-state index >= 15 is 0 Å². The molecule has 0 radical (unpaired) electrons. The van der Waals surface area contributed by atoms with E-state index in [-0.39, 0.29) is 11.8 Å². The number of nitrogens with one attached hydrogen (secondary N) is 1. The molecule has 0 aliphatic heterocycles. The lowest BCUT2D eigenvalue weighted by atomic mass is 10.0. The Kier molecular flexibility index (Phi) is 20.9. The summed E-state index contributed by atoms with van der Waals surface area (Å²) in [6.45, 7) is 9.04. The molecule has 0 aliphatic rings. The number of amides is 1. The van der Waals surface area contributed by atoms with E-state index in [2.05, 4.69) is 5.32 Å². The molecule has 0 aromatic rings. The average molecular weight is 454 g/mol. The molecular formula is C19H39N3O7S. The number of aliphatic carboxylic acids is 3. The van der Waals surface area contributed by atoms with Gasteiger partial charge in [0.15, 0.2) is 0 Å². The molecule has 0 heterocycles. The molecule has 178 valence electrons. The van der Waals surface area contributed by atoms with Crippen molar-refractivity contribution in [1.29, 1.82) is 0 Å². The second kappa shape index (κ2) is 19.1. The normalized spacial score (nSPS) is 13.1. The van der Waals surface area contributed by atoms with Crippen LogP contribution in [0, 0.1) is 11.8 Å². The summed E-state index contributed by atoms with van der Waals surface area (Å²) in [6, 6.07) is -2.12. The summed E-state index contributed by atoms with van der Waals surface area (Å²) < 4.78 is 0. The minimum atomic E-state index is -0.973. The van der Waals surface area contributed by atoms with Crippen molar-refractivity contribution < 1.29 is 34.5 Å². The molecule has 3 atom stereocenters. The fraction of sp³-hybridized carbons (Fsp3) is 0.789. The van der Waals surface area contributed by atoms with Gasteiger partial charge < -0.3 is 32.1 Å². The number of carboxylic acid groups (broad SMARTS) is 3. The first-order valence-electron chi connectivity index (χ1n) is 9.61. The minimum Gasteiger partial charge on any atom is -0.480 e. The van der Waals surface area contributed by atoms with Gasteiger partial charge in [0.1, 0.15) is 18.1 Å². The zero-order valence-electron chi connectivity index (χ0n) is 18.8. The van der Waals surface area contributed by atoms with Crippen molar-refractivity contribution in [1.82, 2.24) is 5.32 Å². The Morgan fingerprint density at radius 3 is 1.50 bits per heavy atom. The van der Waals surface area contributed by atoms with E-state index in [1.54, 1.807) is 11.8 Å². The fourth-order valence-corrected chi connectivity index (χ4v) is 2.40. The van der Waals surface area contributed by atoms with E-state index in [1.165, 1.54) is 6.92 Å². The lowest BCUT2D eigenvalue weighted by molar-refractivity contribution is -0.142. The van der Waals surface area contributed by atoms with E-state index < -0.39 is 36.0 Å². The highest BCUT2D eigenvalue weighted by molar-refractivity contribution is 7.98. The molecule has 0 saturated heterocycles. The van der Waals surface area contributed by atoms with Crippen LogP contribution in [0.3, 0.4) is 0 Å². The van der Waals surface area contributed by atoms with Crippen LogP contribution < -0.4 is 16.8 Å². The Morgan fingerprint density at radius 2 is 1.27 bits per heavy atom. The molecule has 0 fully saturated rings. The maximum atomic E-state index is 10.6. The first-order chi connectivity index (χ1) is 13.6. The van der Waals surface area contributed by atoms with Crippen LogP contribution in [-0.2, 0) is 19.2 Å². The van der Waals surface area contributed by atoms with Gasteiger partial charge in [-0.25, -0.2) is 4.79 Å². The van der Waals surface area contributed by atoms with Crippen LogP contribution in [0.4, 0.5) is 0 Å². The zero-order valence-corrected chi connectivity index (χ0v) is 19.6. The molecule has 10 nitrogen and oxygen atoms in total. The van der Waals surface area contributed by atoms with Crippen molar-refractivity contribution >= 4 is 35.6 Å². The summed E-state index contributed by atoms with van der Waals surface area (Å²) in [4.78, 5) is 41.3. The van der Waals surface area contributed by atoms with Gasteiger partial charge in [-0.3, -0.25) is 14.4 Å². The van der Waals surface area contributed by atoms with Crippen LogP contribution in [0.5, 0.6) is 0 Å². The molecule has 0 bridgehead atoms. The van der Waals surface area contributed by atoms with Crippen LogP contribution in [0.2, 0.25) is 0 Å². The van der Waals surface area contributed by atoms with Gasteiger partial charge >= 0.3 is 17.9 Å². The van der Waals surface area contributed by atoms with E-state index in [0.717, 1.165) is 5.75 Å². The van der Waals surface area contributed by atoms with E-state index in [9.17, 15) is 19.2 Å². The summed E-state index contributed by atoms with van der Waals surface area (Å²) >= 11 is 1.60. The Hall–Kier alpha value is -1.85. The molecule has 0 aromatic carbocycles. The number of rotatable bonds is 11. The van der Waals surface area contributed by atoms with Crippen LogP contribution in [0.15, 0.2) is 0 Å². The molecule has 0 rings (SSSR count).